The van der Waals surface area contributed by atoms with E-state index in [1.807, 2.05) is 0 Å². The van der Waals surface area contributed by atoms with E-state index in [4.69, 9.17) is 4.74 Å². The number of carbonyl (C=O) groups is 5. The lowest BCUT2D eigenvalue weighted by Gasteiger charge is -2.28. The first-order valence-electron chi connectivity index (χ1n) is 11.3. The number of nitrogens with one attached hydrogen (secondary N) is 4. The van der Waals surface area contributed by atoms with Gasteiger partial charge < -0.3 is 26.0 Å². The summed E-state index contributed by atoms with van der Waals surface area (Å²) in [7, 11) is 0. The summed E-state index contributed by atoms with van der Waals surface area (Å²) in [5.41, 5.74) is 0. The van der Waals surface area contributed by atoms with Crippen LogP contribution in [0.5, 0.6) is 0 Å². The number of hydrogen-bond acceptors (Lipinski definition) is 8. The maximum atomic E-state index is 12.9. The molecule has 0 radical (unpaired) electrons. The number of ether oxygens (including phenoxy) is 1. The summed E-state index contributed by atoms with van der Waals surface area (Å²) in [5.74, 6) is -3.02. The van der Waals surface area contributed by atoms with Crippen molar-refractivity contribution in [1.29, 1.82) is 0 Å². The van der Waals surface area contributed by atoms with Gasteiger partial charge in [-0.05, 0) is 30.1 Å². The normalized spacial score (nSPS) is 26.2. The second-order valence-electron chi connectivity index (χ2n) is 8.65. The summed E-state index contributed by atoms with van der Waals surface area (Å²) in [6, 6.07) is -2.91. The predicted molar refractivity (Wildman–Crippen MR) is 134 cm³/mol. The average molecular weight is 517 g/mol. The van der Waals surface area contributed by atoms with Crippen molar-refractivity contribution in [3.8, 4) is 0 Å². The summed E-state index contributed by atoms with van der Waals surface area (Å²) >= 11 is 8.28. The number of esters is 1. The lowest BCUT2D eigenvalue weighted by molar-refractivity contribution is -0.148. The monoisotopic (exact) mass is 516 g/mol. The molecule has 0 aromatic rings. The number of allylic oxidation sites excluding steroid dienone is 1. The largest absolute Gasteiger partial charge is 0.456 e. The predicted octanol–water partition coefficient (Wildman–Crippen LogP) is -0.00960. The van der Waals surface area contributed by atoms with Gasteiger partial charge in [0.2, 0.25) is 23.6 Å². The molecule has 12 heteroatoms. The summed E-state index contributed by atoms with van der Waals surface area (Å²) in [6.45, 7) is 6.55. The van der Waals surface area contributed by atoms with Crippen LogP contribution in [-0.4, -0.2) is 71.9 Å². The Kier molecular flexibility index (Phi) is 13.1. The first kappa shape index (κ1) is 29.8. The standard InChI is InChI=1S/C22H36N4O6S2/c1-12(2)18-21(30)23-10-17(28)32-14(7-5-6-8-33)9-16(27)25-19(13(3)4)22(31)24-15(11-34)20(29)26-18/h5,7,12-15,18-19,33-34H,6,8-11H2,1-4H3,(H,23,30)(H,24,31)(H,25,27)(H,26,29)/b7-5+/t14-,15+,18-,19-/m1/s1. The van der Waals surface area contributed by atoms with Crippen molar-refractivity contribution in [2.45, 2.75) is 64.8 Å². The lowest BCUT2D eigenvalue weighted by atomic mass is 10.0. The molecule has 1 rings (SSSR count). The van der Waals surface area contributed by atoms with Gasteiger partial charge in [0.1, 0.15) is 30.8 Å². The van der Waals surface area contributed by atoms with E-state index >= 15 is 0 Å². The maximum absolute atomic E-state index is 12.9. The van der Waals surface area contributed by atoms with Gasteiger partial charge >= 0.3 is 5.97 Å². The number of hydrogen-bond donors (Lipinski definition) is 6. The van der Waals surface area contributed by atoms with Gasteiger partial charge in [-0.3, -0.25) is 24.0 Å². The van der Waals surface area contributed by atoms with E-state index in [9.17, 15) is 24.0 Å². The van der Waals surface area contributed by atoms with Gasteiger partial charge in [-0.15, -0.1) is 0 Å². The van der Waals surface area contributed by atoms with Crippen molar-refractivity contribution in [2.75, 3.05) is 18.1 Å². The molecule has 1 saturated heterocycles. The van der Waals surface area contributed by atoms with Crippen LogP contribution in [0.3, 0.4) is 0 Å². The Hall–Kier alpha value is -2.21. The van der Waals surface area contributed by atoms with E-state index in [0.717, 1.165) is 0 Å². The van der Waals surface area contributed by atoms with Gasteiger partial charge in [0.05, 0.1) is 6.42 Å². The Balaban J connectivity index is 3.25. The van der Waals surface area contributed by atoms with E-state index in [1.165, 1.54) is 0 Å². The third-order valence-electron chi connectivity index (χ3n) is 5.05. The fourth-order valence-corrected chi connectivity index (χ4v) is 3.55. The zero-order chi connectivity index (χ0) is 25.8. The van der Waals surface area contributed by atoms with Crippen LogP contribution in [0.15, 0.2) is 12.2 Å². The quantitative estimate of drug-likeness (QED) is 0.167. The van der Waals surface area contributed by atoms with E-state index in [2.05, 4.69) is 46.5 Å². The van der Waals surface area contributed by atoms with E-state index in [0.29, 0.717) is 12.2 Å². The molecule has 0 aliphatic carbocycles. The van der Waals surface area contributed by atoms with Crippen molar-refractivity contribution < 1.29 is 28.7 Å². The fraction of sp³-hybridized carbons (Fsp3) is 0.682. The van der Waals surface area contributed by atoms with Crippen LogP contribution < -0.4 is 21.3 Å². The first-order chi connectivity index (χ1) is 16.0. The van der Waals surface area contributed by atoms with Crippen molar-refractivity contribution >= 4 is 54.9 Å². The van der Waals surface area contributed by atoms with Crippen molar-refractivity contribution in [1.82, 2.24) is 21.3 Å². The lowest BCUT2D eigenvalue weighted by Crippen LogP contribution is -2.59. The number of cyclic esters (lactones) is 1. The van der Waals surface area contributed by atoms with Crippen LogP contribution >= 0.6 is 25.3 Å². The van der Waals surface area contributed by atoms with E-state index in [-0.39, 0.29) is 24.0 Å². The SMILES string of the molecule is CC(C)[C@H]1NC(=O)C[C@@H](/C=C/CCS)OC(=O)CNC(=O)[C@@H](C(C)C)NC(=O)[C@H](CS)NC1=O. The highest BCUT2D eigenvalue weighted by molar-refractivity contribution is 7.80. The Morgan fingerprint density at radius 1 is 0.912 bits per heavy atom. The molecule has 1 fully saturated rings. The zero-order valence-corrected chi connectivity index (χ0v) is 21.8. The first-order valence-corrected chi connectivity index (χ1v) is 12.5. The Morgan fingerprint density at radius 2 is 1.53 bits per heavy atom. The van der Waals surface area contributed by atoms with Crippen LogP contribution in [0.25, 0.3) is 0 Å². The van der Waals surface area contributed by atoms with Gasteiger partial charge in [0, 0.05) is 5.75 Å². The Labute approximate surface area is 211 Å². The molecule has 4 amide bonds. The van der Waals surface area contributed by atoms with Crippen molar-refractivity contribution in [3.63, 3.8) is 0 Å². The highest BCUT2D eigenvalue weighted by atomic mass is 32.1. The van der Waals surface area contributed by atoms with Gasteiger partial charge in [-0.25, -0.2) is 0 Å². The molecule has 1 heterocycles. The molecule has 0 aromatic heterocycles. The fourth-order valence-electron chi connectivity index (χ4n) is 3.15. The third kappa shape index (κ3) is 9.96. The Bertz CT molecular complexity index is 774. The minimum atomic E-state index is -1.03. The molecule has 1 aliphatic rings. The zero-order valence-electron chi connectivity index (χ0n) is 20.0. The third-order valence-corrected chi connectivity index (χ3v) is 5.67. The topological polar surface area (TPSA) is 143 Å². The smallest absolute Gasteiger partial charge is 0.326 e. The number of rotatable bonds is 6. The van der Waals surface area contributed by atoms with Crippen LogP contribution in [-0.2, 0) is 28.7 Å². The Morgan fingerprint density at radius 3 is 2.09 bits per heavy atom. The second-order valence-corrected chi connectivity index (χ2v) is 9.47. The molecule has 0 saturated carbocycles. The molecule has 0 aromatic carbocycles. The van der Waals surface area contributed by atoms with Crippen LogP contribution in [0.4, 0.5) is 0 Å². The minimum Gasteiger partial charge on any atom is -0.456 e. The minimum absolute atomic E-state index is 0.0207. The molecular weight excluding hydrogens is 480 g/mol. The highest BCUT2D eigenvalue weighted by Gasteiger charge is 2.32. The van der Waals surface area contributed by atoms with Crippen LogP contribution in [0.1, 0.15) is 40.5 Å². The number of thiol groups is 2. The summed E-state index contributed by atoms with van der Waals surface area (Å²) in [6.07, 6.45) is 2.82. The van der Waals surface area contributed by atoms with Gasteiger partial charge in [-0.2, -0.15) is 25.3 Å². The maximum Gasteiger partial charge on any atom is 0.326 e. The number of carbonyl (C=O) groups excluding carboxylic acids is 5. The van der Waals surface area contributed by atoms with Crippen molar-refractivity contribution in [2.24, 2.45) is 11.8 Å². The molecular formula is C22H36N4O6S2. The van der Waals surface area contributed by atoms with Gasteiger partial charge in [0.15, 0.2) is 0 Å². The molecule has 192 valence electrons. The molecule has 10 nitrogen and oxygen atoms in total. The second kappa shape index (κ2) is 14.9. The molecule has 0 spiro atoms. The summed E-state index contributed by atoms with van der Waals surface area (Å²) in [4.78, 5) is 63.4. The molecule has 4 atom stereocenters. The van der Waals surface area contributed by atoms with Crippen LogP contribution in [0.2, 0.25) is 0 Å². The molecule has 34 heavy (non-hydrogen) atoms. The van der Waals surface area contributed by atoms with Crippen molar-refractivity contribution in [3.05, 3.63) is 12.2 Å². The molecule has 1 aliphatic heterocycles. The summed E-state index contributed by atoms with van der Waals surface area (Å²) in [5, 5.41) is 10.3. The molecule has 0 unspecified atom stereocenters. The van der Waals surface area contributed by atoms with E-state index in [1.54, 1.807) is 39.8 Å². The van der Waals surface area contributed by atoms with E-state index < -0.39 is 60.4 Å². The number of amides is 4. The molecule has 0 bridgehead atoms. The van der Waals surface area contributed by atoms with Gasteiger partial charge in [-0.1, -0.05) is 33.8 Å². The molecule has 4 N–H and O–H groups in total. The van der Waals surface area contributed by atoms with Gasteiger partial charge in [0.25, 0.3) is 0 Å². The summed E-state index contributed by atoms with van der Waals surface area (Å²) < 4.78 is 5.37. The average Bonchev–Trinajstić information content (AvgIpc) is 2.76. The van der Waals surface area contributed by atoms with Crippen LogP contribution in [0, 0.1) is 11.8 Å². The highest BCUT2D eigenvalue weighted by Crippen LogP contribution is 2.09.